The fraction of sp³-hybridized carbons (Fsp3) is 0.600. The maximum atomic E-state index is 12.3. The molecule has 0 saturated heterocycles. The van der Waals surface area contributed by atoms with Gasteiger partial charge in [0.15, 0.2) is 0 Å². The molecule has 0 aromatic carbocycles. The van der Waals surface area contributed by atoms with Gasteiger partial charge in [-0.15, -0.1) is 0 Å². The number of aryl methyl sites for hydroxylation is 1. The first kappa shape index (κ1) is 19.6. The summed E-state index contributed by atoms with van der Waals surface area (Å²) in [6, 6.07) is 0. The zero-order chi connectivity index (χ0) is 18.5. The summed E-state index contributed by atoms with van der Waals surface area (Å²) in [6.45, 7) is 5.49. The lowest BCUT2D eigenvalue weighted by molar-refractivity contribution is -0.159. The van der Waals surface area contributed by atoms with Crippen LogP contribution in [-0.2, 0) is 20.9 Å². The van der Waals surface area contributed by atoms with Gasteiger partial charge in [-0.2, -0.15) is 0 Å². The third kappa shape index (κ3) is 5.99. The Morgan fingerprint density at radius 1 is 1.33 bits per heavy atom. The smallest absolute Gasteiger partial charge is 0.328 e. The van der Waals surface area contributed by atoms with Crippen LogP contribution < -0.4 is 11.2 Å². The zero-order valence-electron chi connectivity index (χ0n) is 14.3. The van der Waals surface area contributed by atoms with Crippen molar-refractivity contribution in [1.29, 1.82) is 0 Å². The Morgan fingerprint density at radius 2 is 1.96 bits per heavy atom. The van der Waals surface area contributed by atoms with E-state index in [1.165, 1.54) is 13.1 Å². The molecule has 1 aromatic heterocycles. The van der Waals surface area contributed by atoms with Gasteiger partial charge in [-0.1, -0.05) is 0 Å². The summed E-state index contributed by atoms with van der Waals surface area (Å²) in [5, 5.41) is 9.07. The van der Waals surface area contributed by atoms with Crippen molar-refractivity contribution in [2.75, 3.05) is 19.7 Å². The van der Waals surface area contributed by atoms with Crippen molar-refractivity contribution >= 4 is 11.9 Å². The Labute approximate surface area is 138 Å². The van der Waals surface area contributed by atoms with Crippen LogP contribution in [0, 0.1) is 6.92 Å². The molecule has 0 spiro atoms. The number of aliphatic hydroxyl groups excluding tert-OH is 1. The summed E-state index contributed by atoms with van der Waals surface area (Å²) in [5.74, 6) is -1.17. The highest BCUT2D eigenvalue weighted by atomic mass is 16.6. The number of amides is 1. The highest BCUT2D eigenvalue weighted by Gasteiger charge is 2.22. The Bertz CT molecular complexity index is 713. The normalized spacial score (nSPS) is 11.2. The summed E-state index contributed by atoms with van der Waals surface area (Å²) in [4.78, 5) is 50.4. The number of rotatable bonds is 6. The van der Waals surface area contributed by atoms with Crippen molar-refractivity contribution in [2.24, 2.45) is 0 Å². The van der Waals surface area contributed by atoms with Crippen LogP contribution in [0.3, 0.4) is 0 Å². The summed E-state index contributed by atoms with van der Waals surface area (Å²) in [7, 11) is 0. The number of carbonyl (C=O) groups excluding carboxylic acids is 2. The van der Waals surface area contributed by atoms with Gasteiger partial charge in [0.1, 0.15) is 18.7 Å². The van der Waals surface area contributed by atoms with Gasteiger partial charge in [0.2, 0.25) is 5.91 Å². The van der Waals surface area contributed by atoms with E-state index in [0.29, 0.717) is 0 Å². The summed E-state index contributed by atoms with van der Waals surface area (Å²) in [5.41, 5.74) is -1.66. The van der Waals surface area contributed by atoms with Gasteiger partial charge in [0.25, 0.3) is 5.56 Å². The molecule has 0 saturated carbocycles. The van der Waals surface area contributed by atoms with E-state index in [9.17, 15) is 19.2 Å². The van der Waals surface area contributed by atoms with Crippen molar-refractivity contribution in [3.8, 4) is 0 Å². The van der Waals surface area contributed by atoms with E-state index in [2.05, 4.69) is 4.98 Å². The Kier molecular flexibility index (Phi) is 6.47. The number of aromatic amines is 1. The van der Waals surface area contributed by atoms with Crippen LogP contribution in [0.15, 0.2) is 15.8 Å². The first-order valence-corrected chi connectivity index (χ1v) is 7.44. The molecule has 0 fully saturated rings. The van der Waals surface area contributed by atoms with Crippen LogP contribution in [0.4, 0.5) is 0 Å². The first-order valence-electron chi connectivity index (χ1n) is 7.44. The number of nitrogens with one attached hydrogen (secondary N) is 1. The minimum atomic E-state index is -0.722. The molecular weight excluding hydrogens is 318 g/mol. The molecule has 0 bridgehead atoms. The number of carbonyl (C=O) groups is 2. The third-order valence-corrected chi connectivity index (χ3v) is 2.96. The van der Waals surface area contributed by atoms with Gasteiger partial charge in [-0.25, -0.2) is 4.79 Å². The molecule has 1 aromatic rings. The molecule has 2 N–H and O–H groups in total. The number of aromatic nitrogens is 2. The highest BCUT2D eigenvalue weighted by molar-refractivity contribution is 5.82. The number of hydrogen-bond acceptors (Lipinski definition) is 6. The van der Waals surface area contributed by atoms with Crippen molar-refractivity contribution < 1.29 is 19.4 Å². The molecule has 1 rings (SSSR count). The van der Waals surface area contributed by atoms with Crippen LogP contribution in [0.25, 0.3) is 0 Å². The molecule has 0 aliphatic rings. The molecule has 0 radical (unpaired) electrons. The molecule has 1 amide bonds. The Balaban J connectivity index is 2.87. The van der Waals surface area contributed by atoms with Crippen LogP contribution in [0.1, 0.15) is 26.3 Å². The van der Waals surface area contributed by atoms with E-state index in [-0.39, 0.29) is 31.8 Å². The van der Waals surface area contributed by atoms with Gasteiger partial charge in [0.05, 0.1) is 6.61 Å². The average molecular weight is 341 g/mol. The average Bonchev–Trinajstić information content (AvgIpc) is 2.42. The molecule has 0 aliphatic heterocycles. The molecule has 134 valence electrons. The highest BCUT2D eigenvalue weighted by Crippen LogP contribution is 2.07. The number of nitrogens with zero attached hydrogens (tertiary/aromatic N) is 2. The monoisotopic (exact) mass is 341 g/mol. The maximum absolute atomic E-state index is 12.3. The molecule has 0 atom stereocenters. The van der Waals surface area contributed by atoms with Crippen molar-refractivity contribution in [1.82, 2.24) is 14.5 Å². The standard InChI is InChI=1S/C15H23N3O6/c1-10-7-18(14(23)16-13(10)22)8-11(20)17(5-6-19)9-12(21)24-15(2,3)4/h7,19H,5-6,8-9H2,1-4H3,(H,16,22,23). The minimum Gasteiger partial charge on any atom is -0.459 e. The van der Waals surface area contributed by atoms with Gasteiger partial charge >= 0.3 is 11.7 Å². The van der Waals surface area contributed by atoms with Crippen LogP contribution in [0.5, 0.6) is 0 Å². The van der Waals surface area contributed by atoms with Crippen molar-refractivity contribution in [3.63, 3.8) is 0 Å². The number of ether oxygens (including phenoxy) is 1. The van der Waals surface area contributed by atoms with Crippen LogP contribution in [0.2, 0.25) is 0 Å². The third-order valence-electron chi connectivity index (χ3n) is 2.96. The van der Waals surface area contributed by atoms with Crippen molar-refractivity contribution in [2.45, 2.75) is 39.8 Å². The summed E-state index contributed by atoms with van der Waals surface area (Å²) in [6.07, 6.45) is 1.27. The first-order chi connectivity index (χ1) is 11.0. The van der Waals surface area contributed by atoms with Crippen molar-refractivity contribution in [3.05, 3.63) is 32.6 Å². The number of hydrogen-bond donors (Lipinski definition) is 2. The molecule has 24 heavy (non-hydrogen) atoms. The lowest BCUT2D eigenvalue weighted by Gasteiger charge is -2.25. The zero-order valence-corrected chi connectivity index (χ0v) is 14.3. The van der Waals surface area contributed by atoms with E-state index in [0.717, 1.165) is 9.47 Å². The van der Waals surface area contributed by atoms with E-state index >= 15 is 0 Å². The van der Waals surface area contributed by atoms with Gasteiger partial charge in [-0.3, -0.25) is 23.9 Å². The second kappa shape index (κ2) is 7.91. The van der Waals surface area contributed by atoms with E-state index in [4.69, 9.17) is 9.84 Å². The SMILES string of the molecule is Cc1cn(CC(=O)N(CCO)CC(=O)OC(C)(C)C)c(=O)[nH]c1=O. The van der Waals surface area contributed by atoms with Gasteiger partial charge < -0.3 is 14.7 Å². The Morgan fingerprint density at radius 3 is 2.50 bits per heavy atom. The minimum absolute atomic E-state index is 0.0742. The van der Waals surface area contributed by atoms with Crippen LogP contribution >= 0.6 is 0 Å². The maximum Gasteiger partial charge on any atom is 0.328 e. The van der Waals surface area contributed by atoms with Gasteiger partial charge in [-0.05, 0) is 27.7 Å². The molecular formula is C15H23N3O6. The Hall–Kier alpha value is -2.42. The molecule has 1 heterocycles. The predicted molar refractivity (Wildman–Crippen MR) is 85.6 cm³/mol. The molecule has 0 aliphatic carbocycles. The van der Waals surface area contributed by atoms with E-state index < -0.39 is 28.7 Å². The van der Waals surface area contributed by atoms with E-state index in [1.54, 1.807) is 20.8 Å². The number of aliphatic hydroxyl groups is 1. The lowest BCUT2D eigenvalue weighted by atomic mass is 10.2. The second-order valence-corrected chi connectivity index (χ2v) is 6.32. The molecule has 0 unspecified atom stereocenters. The van der Waals surface area contributed by atoms with E-state index in [1.807, 2.05) is 0 Å². The lowest BCUT2D eigenvalue weighted by Crippen LogP contribution is -2.43. The summed E-state index contributed by atoms with van der Waals surface area (Å²) < 4.78 is 6.18. The predicted octanol–water partition coefficient (Wildman–Crippen LogP) is -0.992. The van der Waals surface area contributed by atoms with Crippen LogP contribution in [-0.4, -0.2) is 56.7 Å². The number of esters is 1. The molecule has 9 nitrogen and oxygen atoms in total. The van der Waals surface area contributed by atoms with Gasteiger partial charge in [0, 0.05) is 18.3 Å². The fourth-order valence-electron chi connectivity index (χ4n) is 1.92. The quantitative estimate of drug-likeness (QED) is 0.641. The largest absolute Gasteiger partial charge is 0.459 e. The number of H-pyrrole nitrogens is 1. The molecule has 9 heteroatoms. The fourth-order valence-corrected chi connectivity index (χ4v) is 1.92. The summed E-state index contributed by atoms with van der Waals surface area (Å²) >= 11 is 0. The topological polar surface area (TPSA) is 122 Å². The second-order valence-electron chi connectivity index (χ2n) is 6.32.